The average molecular weight is 432 g/mol. The average Bonchev–Trinajstić information content (AvgIpc) is 2.71. The third-order valence-electron chi connectivity index (χ3n) is 6.40. The number of nitrogens with zero attached hydrogens (tertiary/aromatic N) is 2. The van der Waals surface area contributed by atoms with E-state index >= 15 is 0 Å². The van der Waals surface area contributed by atoms with E-state index in [2.05, 4.69) is 50.0 Å². The molecule has 1 fully saturated rings. The van der Waals surface area contributed by atoms with Crippen LogP contribution in [0.5, 0.6) is 0 Å². The Morgan fingerprint density at radius 3 is 2.56 bits per heavy atom. The van der Waals surface area contributed by atoms with Gasteiger partial charge in [-0.25, -0.2) is 9.69 Å². The molecule has 2 aliphatic rings. The number of hydrogen-bond donors (Lipinski definition) is 1. The molecule has 0 spiro atoms. The highest BCUT2D eigenvalue weighted by Gasteiger charge is 2.38. The van der Waals surface area contributed by atoms with Crippen molar-refractivity contribution in [2.45, 2.75) is 52.5 Å². The van der Waals surface area contributed by atoms with E-state index < -0.39 is 17.8 Å². The summed E-state index contributed by atoms with van der Waals surface area (Å²) in [4.78, 5) is 41.6. The number of nitrogens with one attached hydrogen (secondary N) is 1. The molecule has 2 aliphatic heterocycles. The number of fused-ring (bicyclic) bond motifs is 1. The molecule has 1 atom stereocenters. The number of imide groups is 2. The maximum atomic E-state index is 13.2. The molecule has 2 aromatic rings. The second-order valence-corrected chi connectivity index (χ2v) is 9.28. The fraction of sp³-hybridized carbons (Fsp3) is 0.346. The lowest BCUT2D eigenvalue weighted by Crippen LogP contribution is -2.54. The molecule has 6 nitrogen and oxygen atoms in total. The summed E-state index contributed by atoms with van der Waals surface area (Å²) >= 11 is 0. The monoisotopic (exact) mass is 431 g/mol. The van der Waals surface area contributed by atoms with Crippen LogP contribution in [0.2, 0.25) is 0 Å². The van der Waals surface area contributed by atoms with Gasteiger partial charge in [0.25, 0.3) is 11.8 Å². The first kappa shape index (κ1) is 21.8. The molecule has 4 amide bonds. The first-order valence-corrected chi connectivity index (χ1v) is 11.0. The van der Waals surface area contributed by atoms with Crippen LogP contribution >= 0.6 is 0 Å². The van der Waals surface area contributed by atoms with Gasteiger partial charge in [-0.2, -0.15) is 0 Å². The van der Waals surface area contributed by atoms with Crippen molar-refractivity contribution < 1.29 is 14.4 Å². The smallest absolute Gasteiger partial charge is 0.335 e. The summed E-state index contributed by atoms with van der Waals surface area (Å²) in [6.07, 6.45) is 2.60. The second-order valence-electron chi connectivity index (χ2n) is 9.28. The Morgan fingerprint density at radius 1 is 1.12 bits per heavy atom. The largest absolute Gasteiger partial charge is 0.366 e. The topological polar surface area (TPSA) is 69.7 Å². The Labute approximate surface area is 188 Å². The minimum Gasteiger partial charge on any atom is -0.366 e. The van der Waals surface area contributed by atoms with E-state index in [0.29, 0.717) is 11.6 Å². The maximum absolute atomic E-state index is 13.2. The first-order chi connectivity index (χ1) is 15.1. The van der Waals surface area contributed by atoms with Crippen molar-refractivity contribution in [3.05, 3.63) is 64.7 Å². The van der Waals surface area contributed by atoms with E-state index in [9.17, 15) is 14.4 Å². The summed E-state index contributed by atoms with van der Waals surface area (Å²) in [5, 5.41) is 2.30. The highest BCUT2D eigenvalue weighted by molar-refractivity contribution is 6.39. The third kappa shape index (κ3) is 3.70. The molecule has 0 bridgehead atoms. The van der Waals surface area contributed by atoms with Crippen molar-refractivity contribution in [1.29, 1.82) is 0 Å². The van der Waals surface area contributed by atoms with Crippen molar-refractivity contribution in [2.24, 2.45) is 0 Å². The zero-order valence-corrected chi connectivity index (χ0v) is 19.2. The molecule has 32 heavy (non-hydrogen) atoms. The summed E-state index contributed by atoms with van der Waals surface area (Å²) in [7, 11) is 0. The lowest BCUT2D eigenvalue weighted by atomic mass is 9.79. The summed E-state index contributed by atoms with van der Waals surface area (Å²) in [5.74, 6) is -0.945. The number of urea groups is 1. The highest BCUT2D eigenvalue weighted by Crippen LogP contribution is 2.43. The van der Waals surface area contributed by atoms with Gasteiger partial charge in [0.05, 0.1) is 5.69 Å². The number of rotatable bonds is 3. The number of hydrogen-bond acceptors (Lipinski definition) is 4. The Balaban J connectivity index is 1.73. The number of carbonyl (C=O) groups excluding carboxylic acids is 3. The van der Waals surface area contributed by atoms with Gasteiger partial charge in [0.2, 0.25) is 0 Å². The molecule has 4 rings (SSSR count). The van der Waals surface area contributed by atoms with Gasteiger partial charge in [0.1, 0.15) is 5.57 Å². The number of barbiturate groups is 1. The number of benzene rings is 2. The van der Waals surface area contributed by atoms with Crippen molar-refractivity contribution in [2.75, 3.05) is 16.3 Å². The van der Waals surface area contributed by atoms with Gasteiger partial charge in [-0.3, -0.25) is 14.9 Å². The quantitative estimate of drug-likeness (QED) is 0.561. The van der Waals surface area contributed by atoms with Crippen LogP contribution in [0.15, 0.2) is 48.0 Å². The van der Waals surface area contributed by atoms with E-state index in [1.165, 1.54) is 11.3 Å². The minimum atomic E-state index is -0.734. The molecule has 2 heterocycles. The van der Waals surface area contributed by atoms with Crippen LogP contribution in [0.1, 0.15) is 56.7 Å². The van der Waals surface area contributed by atoms with Gasteiger partial charge in [0, 0.05) is 17.8 Å². The molecule has 6 heteroatoms. The second kappa shape index (κ2) is 7.93. The van der Waals surface area contributed by atoms with Crippen LogP contribution < -0.4 is 15.1 Å². The van der Waals surface area contributed by atoms with Crippen molar-refractivity contribution in [3.8, 4) is 0 Å². The van der Waals surface area contributed by atoms with Crippen molar-refractivity contribution in [1.82, 2.24) is 5.32 Å². The maximum Gasteiger partial charge on any atom is 0.335 e. The van der Waals surface area contributed by atoms with Gasteiger partial charge >= 0.3 is 6.03 Å². The molecule has 0 aromatic heterocycles. The summed E-state index contributed by atoms with van der Waals surface area (Å²) in [6, 6.07) is 12.4. The molecule has 0 unspecified atom stereocenters. The Kier molecular flexibility index (Phi) is 5.41. The molecule has 0 radical (unpaired) electrons. The first-order valence-electron chi connectivity index (χ1n) is 11.0. The lowest BCUT2D eigenvalue weighted by Gasteiger charge is -2.47. The third-order valence-corrected chi connectivity index (χ3v) is 6.40. The fourth-order valence-corrected chi connectivity index (χ4v) is 5.02. The van der Waals surface area contributed by atoms with Crippen LogP contribution in [0.3, 0.4) is 0 Å². The molecule has 166 valence electrons. The molecule has 2 aromatic carbocycles. The Bertz CT molecular complexity index is 1150. The van der Waals surface area contributed by atoms with Gasteiger partial charge in [-0.1, -0.05) is 25.1 Å². The number of amides is 4. The Hall–Kier alpha value is -3.41. The molecule has 1 saturated heterocycles. The summed E-state index contributed by atoms with van der Waals surface area (Å²) < 4.78 is 0. The number of anilines is 2. The normalized spacial score (nSPS) is 21.6. The lowest BCUT2D eigenvalue weighted by molar-refractivity contribution is -0.122. The van der Waals surface area contributed by atoms with Crippen LogP contribution in [0, 0.1) is 6.92 Å². The van der Waals surface area contributed by atoms with E-state index in [0.717, 1.165) is 29.0 Å². The van der Waals surface area contributed by atoms with Crippen molar-refractivity contribution >= 4 is 35.3 Å². The number of aryl methyl sites for hydroxylation is 1. The van der Waals surface area contributed by atoms with E-state index in [4.69, 9.17) is 0 Å². The van der Waals surface area contributed by atoms with Crippen molar-refractivity contribution in [3.63, 3.8) is 0 Å². The molecule has 0 aliphatic carbocycles. The minimum absolute atomic E-state index is 0.0535. The van der Waals surface area contributed by atoms with E-state index in [1.807, 2.05) is 19.1 Å². The predicted octanol–water partition coefficient (Wildman–Crippen LogP) is 4.77. The van der Waals surface area contributed by atoms with Gasteiger partial charge in [0.15, 0.2) is 0 Å². The predicted molar refractivity (Wildman–Crippen MR) is 127 cm³/mol. The van der Waals surface area contributed by atoms with Gasteiger partial charge in [-0.05, 0) is 87.1 Å². The summed E-state index contributed by atoms with van der Waals surface area (Å²) in [5.41, 5.74) is 4.52. The molecular formula is C26H29N3O3. The van der Waals surface area contributed by atoms with Crippen LogP contribution in [0.4, 0.5) is 16.2 Å². The fourth-order valence-electron chi connectivity index (χ4n) is 5.02. The molecular weight excluding hydrogens is 402 g/mol. The zero-order chi connectivity index (χ0) is 23.2. The van der Waals surface area contributed by atoms with E-state index in [1.54, 1.807) is 24.3 Å². The highest BCUT2D eigenvalue weighted by atomic mass is 16.2. The SMILES string of the molecule is CCN1c2ccc(/C=C3\C(=O)NC(=O)N(c4cccc(C)c4)C3=O)cc2[C@@H](C)CC1(C)C. The number of carbonyl (C=O) groups is 3. The Morgan fingerprint density at radius 2 is 1.88 bits per heavy atom. The van der Waals surface area contributed by atoms with Gasteiger partial charge in [-0.15, -0.1) is 0 Å². The standard InChI is InChI=1S/C26H29N3O3/c1-6-28-22-11-10-18(13-20(22)17(3)15-26(28,4)5)14-21-23(30)27-25(32)29(24(21)31)19-9-7-8-16(2)12-19/h7-14,17H,6,15H2,1-5H3,(H,27,30,32)/b21-14+/t17-/m0/s1. The molecule has 0 saturated carbocycles. The summed E-state index contributed by atoms with van der Waals surface area (Å²) in [6.45, 7) is 11.7. The van der Waals surface area contributed by atoms with Crippen LogP contribution in [0.25, 0.3) is 6.08 Å². The zero-order valence-electron chi connectivity index (χ0n) is 19.2. The van der Waals surface area contributed by atoms with Crippen LogP contribution in [-0.4, -0.2) is 29.9 Å². The van der Waals surface area contributed by atoms with Crippen LogP contribution in [-0.2, 0) is 9.59 Å². The van der Waals surface area contributed by atoms with E-state index in [-0.39, 0.29) is 11.1 Å². The molecule has 1 N–H and O–H groups in total. The van der Waals surface area contributed by atoms with Gasteiger partial charge < -0.3 is 4.90 Å².